The zero-order valence-electron chi connectivity index (χ0n) is 8.37. The number of pyridine rings is 1. The van der Waals surface area contributed by atoms with Gasteiger partial charge in [0, 0.05) is 12.4 Å². The Morgan fingerprint density at radius 1 is 1.38 bits per heavy atom. The van der Waals surface area contributed by atoms with Crippen molar-refractivity contribution >= 4 is 0 Å². The van der Waals surface area contributed by atoms with Crippen LogP contribution in [-0.2, 0) is 0 Å². The number of halogens is 2. The topological polar surface area (TPSA) is 66.9 Å². The van der Waals surface area contributed by atoms with Gasteiger partial charge in [0.1, 0.15) is 12.4 Å². The van der Waals surface area contributed by atoms with E-state index in [9.17, 15) is 8.78 Å². The van der Waals surface area contributed by atoms with Gasteiger partial charge in [-0.25, -0.2) is 14.6 Å². The SMILES string of the molecule is FC(F)c1ccccn1.NN1C=CN=NC1. The summed E-state index contributed by atoms with van der Waals surface area (Å²) in [6.45, 7) is 0.469. The molecule has 0 saturated heterocycles. The molecule has 0 unspecified atom stereocenters. The van der Waals surface area contributed by atoms with Crippen LogP contribution in [0.25, 0.3) is 0 Å². The van der Waals surface area contributed by atoms with Crippen molar-refractivity contribution in [3.05, 3.63) is 42.5 Å². The maximum atomic E-state index is 11.7. The Morgan fingerprint density at radius 2 is 2.19 bits per heavy atom. The molecule has 1 aromatic heterocycles. The fourth-order valence-corrected chi connectivity index (χ4v) is 0.824. The molecule has 1 aromatic rings. The van der Waals surface area contributed by atoms with Gasteiger partial charge in [0.05, 0.1) is 6.20 Å². The van der Waals surface area contributed by atoms with Gasteiger partial charge >= 0.3 is 0 Å². The lowest BCUT2D eigenvalue weighted by atomic mass is 10.4. The quantitative estimate of drug-likeness (QED) is 0.747. The summed E-state index contributed by atoms with van der Waals surface area (Å²) in [7, 11) is 0. The second-order valence-electron chi connectivity index (χ2n) is 2.77. The fraction of sp³-hybridized carbons (Fsp3) is 0.222. The summed E-state index contributed by atoms with van der Waals surface area (Å²) >= 11 is 0. The first-order chi connectivity index (χ1) is 7.70. The van der Waals surface area contributed by atoms with Gasteiger partial charge in [-0.05, 0) is 12.1 Å². The van der Waals surface area contributed by atoms with Gasteiger partial charge < -0.3 is 0 Å². The Morgan fingerprint density at radius 3 is 2.50 bits per heavy atom. The number of alkyl halides is 2. The minimum atomic E-state index is -2.45. The van der Waals surface area contributed by atoms with Crippen molar-refractivity contribution in [2.75, 3.05) is 6.67 Å². The van der Waals surface area contributed by atoms with Crippen molar-refractivity contribution in [3.8, 4) is 0 Å². The second-order valence-corrected chi connectivity index (χ2v) is 2.77. The van der Waals surface area contributed by atoms with Crippen molar-refractivity contribution < 1.29 is 8.78 Å². The summed E-state index contributed by atoms with van der Waals surface area (Å²) in [6.07, 6.45) is 2.10. The van der Waals surface area contributed by atoms with Crippen LogP contribution < -0.4 is 5.84 Å². The molecule has 2 rings (SSSR count). The van der Waals surface area contributed by atoms with E-state index < -0.39 is 6.43 Å². The standard InChI is InChI=1S/C6H5F2N.C3H6N4/c7-6(8)5-3-1-2-4-9-5;4-7-2-1-5-6-3-7/h1-4,6H;1-2H,3-4H2. The van der Waals surface area contributed by atoms with Gasteiger partial charge in [0.2, 0.25) is 0 Å². The Labute approximate surface area is 91.3 Å². The summed E-state index contributed by atoms with van der Waals surface area (Å²) in [5, 5.41) is 8.60. The van der Waals surface area contributed by atoms with Crippen LogP contribution in [0.3, 0.4) is 0 Å². The molecule has 7 heteroatoms. The van der Waals surface area contributed by atoms with E-state index in [-0.39, 0.29) is 5.69 Å². The normalized spacial score (nSPS) is 13.6. The number of hydrazine groups is 1. The van der Waals surface area contributed by atoms with Crippen molar-refractivity contribution in [3.63, 3.8) is 0 Å². The third-order valence-corrected chi connectivity index (χ3v) is 1.54. The van der Waals surface area contributed by atoms with Crippen LogP contribution in [0, 0.1) is 0 Å². The highest BCUT2D eigenvalue weighted by Gasteiger charge is 2.04. The van der Waals surface area contributed by atoms with Gasteiger partial charge in [-0.2, -0.15) is 10.2 Å². The number of hydrogen-bond donors (Lipinski definition) is 1. The Balaban J connectivity index is 0.000000165. The van der Waals surface area contributed by atoms with E-state index in [1.165, 1.54) is 23.3 Å². The number of hydrogen-bond acceptors (Lipinski definition) is 5. The maximum Gasteiger partial charge on any atom is 0.280 e. The first-order valence-electron chi connectivity index (χ1n) is 4.44. The molecule has 0 atom stereocenters. The molecule has 0 saturated carbocycles. The van der Waals surface area contributed by atoms with E-state index in [1.54, 1.807) is 18.5 Å². The number of rotatable bonds is 1. The van der Waals surface area contributed by atoms with Crippen molar-refractivity contribution in [1.29, 1.82) is 0 Å². The minimum absolute atomic E-state index is 0.169. The highest BCUT2D eigenvalue weighted by atomic mass is 19.3. The predicted octanol–water partition coefficient (Wildman–Crippen LogP) is 2.08. The number of azo groups is 1. The third kappa shape index (κ3) is 4.56. The van der Waals surface area contributed by atoms with Crippen LogP contribution in [0.4, 0.5) is 8.78 Å². The Kier molecular flexibility index (Phi) is 5.00. The van der Waals surface area contributed by atoms with Gasteiger partial charge in [-0.15, -0.1) is 0 Å². The molecule has 1 aliphatic rings. The van der Waals surface area contributed by atoms with E-state index in [0.717, 1.165) is 0 Å². The largest absolute Gasteiger partial charge is 0.293 e. The van der Waals surface area contributed by atoms with Crippen LogP contribution in [-0.4, -0.2) is 16.7 Å². The van der Waals surface area contributed by atoms with E-state index in [0.29, 0.717) is 6.67 Å². The van der Waals surface area contributed by atoms with Crippen molar-refractivity contribution in [1.82, 2.24) is 9.99 Å². The van der Waals surface area contributed by atoms with E-state index >= 15 is 0 Å². The molecule has 0 aromatic carbocycles. The molecule has 0 radical (unpaired) electrons. The van der Waals surface area contributed by atoms with Gasteiger partial charge in [-0.3, -0.25) is 9.99 Å². The Hall–Kier alpha value is -1.89. The van der Waals surface area contributed by atoms with E-state index in [4.69, 9.17) is 5.84 Å². The molecule has 0 spiro atoms. The molecule has 0 fully saturated rings. The molecule has 0 aliphatic carbocycles. The van der Waals surface area contributed by atoms with Crippen LogP contribution in [0.15, 0.2) is 47.0 Å². The third-order valence-electron chi connectivity index (χ3n) is 1.54. The number of nitrogens with two attached hydrogens (primary N) is 1. The molecule has 2 N–H and O–H groups in total. The summed E-state index contributed by atoms with van der Waals surface area (Å²) in [6, 6.07) is 4.44. The van der Waals surface area contributed by atoms with Crippen LogP contribution in [0.1, 0.15) is 12.1 Å². The zero-order valence-corrected chi connectivity index (χ0v) is 8.37. The second kappa shape index (κ2) is 6.57. The summed E-state index contributed by atoms with van der Waals surface area (Å²) in [4.78, 5) is 3.43. The fourth-order valence-electron chi connectivity index (χ4n) is 0.824. The number of nitrogens with zero attached hydrogens (tertiary/aromatic N) is 4. The van der Waals surface area contributed by atoms with Crippen molar-refractivity contribution in [2.45, 2.75) is 6.43 Å². The highest BCUT2D eigenvalue weighted by Crippen LogP contribution is 2.13. The molecule has 5 nitrogen and oxygen atoms in total. The number of aromatic nitrogens is 1. The first-order valence-corrected chi connectivity index (χ1v) is 4.44. The van der Waals surface area contributed by atoms with Gasteiger partial charge in [0.25, 0.3) is 6.43 Å². The van der Waals surface area contributed by atoms with Gasteiger partial charge in [-0.1, -0.05) is 6.07 Å². The molecular weight excluding hydrogens is 216 g/mol. The smallest absolute Gasteiger partial charge is 0.280 e. The summed E-state index contributed by atoms with van der Waals surface area (Å²) < 4.78 is 23.4. The van der Waals surface area contributed by atoms with Gasteiger partial charge in [0.15, 0.2) is 0 Å². The maximum absolute atomic E-state index is 11.7. The molecule has 1 aliphatic heterocycles. The van der Waals surface area contributed by atoms with Crippen molar-refractivity contribution in [2.24, 2.45) is 16.1 Å². The van der Waals surface area contributed by atoms with Crippen LogP contribution in [0.5, 0.6) is 0 Å². The van der Waals surface area contributed by atoms with E-state index in [1.807, 2.05) is 0 Å². The molecule has 2 heterocycles. The van der Waals surface area contributed by atoms with Crippen LogP contribution >= 0.6 is 0 Å². The molecule has 16 heavy (non-hydrogen) atoms. The average Bonchev–Trinajstić information content (AvgIpc) is 2.32. The Bertz CT molecular complexity index is 352. The first kappa shape index (κ1) is 12.2. The zero-order chi connectivity index (χ0) is 11.8. The predicted molar refractivity (Wildman–Crippen MR) is 54.1 cm³/mol. The summed E-state index contributed by atoms with van der Waals surface area (Å²) in [5.74, 6) is 5.23. The molecular formula is C9H11F2N5. The molecule has 0 amide bonds. The molecule has 86 valence electrons. The monoisotopic (exact) mass is 227 g/mol. The highest BCUT2D eigenvalue weighted by molar-refractivity contribution is 5.03. The lowest BCUT2D eigenvalue weighted by Gasteiger charge is -2.09. The molecule has 0 bridgehead atoms. The van der Waals surface area contributed by atoms with Crippen LogP contribution in [0.2, 0.25) is 0 Å². The lowest BCUT2D eigenvalue weighted by Crippen LogP contribution is -2.25. The average molecular weight is 227 g/mol. The summed E-state index contributed by atoms with van der Waals surface area (Å²) in [5.41, 5.74) is -0.169. The lowest BCUT2D eigenvalue weighted by molar-refractivity contribution is 0.146. The van der Waals surface area contributed by atoms with E-state index in [2.05, 4.69) is 15.2 Å². The minimum Gasteiger partial charge on any atom is -0.293 e.